The molecule has 1 heterocycles. The standard InChI is InChI=1S/C32H53ClFN3O2/c1-31(24-3-2-4-26(38)17-24)11-13-32(14-12-31)19-29(32)37(30(39)35-25-7-8-28(34)27(33)18-25)21-23-9-15-36(16-10-23)20-22-5-6-22/h7-8,22-30,35,38-39H,2-6,9-21H2,1H3. The summed E-state index contributed by atoms with van der Waals surface area (Å²) in [5.41, 5.74) is 0.671. The van der Waals surface area contributed by atoms with Gasteiger partial charge in [-0.1, -0.05) is 25.5 Å². The van der Waals surface area contributed by atoms with E-state index in [4.69, 9.17) is 11.6 Å². The summed E-state index contributed by atoms with van der Waals surface area (Å²) >= 11 is 6.24. The van der Waals surface area contributed by atoms with Crippen molar-refractivity contribution in [1.82, 2.24) is 15.1 Å². The van der Waals surface area contributed by atoms with E-state index < -0.39 is 17.9 Å². The Morgan fingerprint density at radius 3 is 2.44 bits per heavy atom. The molecule has 0 amide bonds. The highest BCUT2D eigenvalue weighted by molar-refractivity contribution is 6.21. The topological polar surface area (TPSA) is 59.0 Å². The lowest BCUT2D eigenvalue weighted by Crippen LogP contribution is -2.54. The molecule has 5 fully saturated rings. The zero-order valence-electron chi connectivity index (χ0n) is 24.1. The van der Waals surface area contributed by atoms with Crippen molar-refractivity contribution >= 4 is 11.6 Å². The molecule has 6 rings (SSSR count). The lowest BCUT2D eigenvalue weighted by Gasteiger charge is -2.47. The van der Waals surface area contributed by atoms with Crippen molar-refractivity contribution < 1.29 is 14.6 Å². The van der Waals surface area contributed by atoms with Gasteiger partial charge in [0, 0.05) is 25.2 Å². The molecule has 0 aromatic carbocycles. The molecule has 7 heteroatoms. The number of likely N-dealkylation sites (tertiary alicyclic amines) is 1. The van der Waals surface area contributed by atoms with Gasteiger partial charge in [-0.05, 0) is 125 Å². The number of aliphatic hydroxyl groups excluding tert-OH is 2. The van der Waals surface area contributed by atoms with E-state index in [1.165, 1.54) is 90.3 Å². The van der Waals surface area contributed by atoms with Crippen molar-refractivity contribution in [3.63, 3.8) is 0 Å². The average molecular weight is 566 g/mol. The number of halogens is 2. The molecule has 222 valence electrons. The molecule has 5 aliphatic carbocycles. The fourth-order valence-electron chi connectivity index (χ4n) is 8.79. The smallest absolute Gasteiger partial charge is 0.163 e. The molecule has 0 aromatic rings. The molecular formula is C32H53ClFN3O2. The summed E-state index contributed by atoms with van der Waals surface area (Å²) in [7, 11) is 0. The Morgan fingerprint density at radius 1 is 1.03 bits per heavy atom. The van der Waals surface area contributed by atoms with E-state index in [-0.39, 0.29) is 12.1 Å². The van der Waals surface area contributed by atoms with Gasteiger partial charge in [0.2, 0.25) is 0 Å². The Morgan fingerprint density at radius 2 is 1.77 bits per heavy atom. The summed E-state index contributed by atoms with van der Waals surface area (Å²) in [6.45, 7) is 7.09. The Kier molecular flexibility index (Phi) is 8.73. The Balaban J connectivity index is 1.09. The molecule has 7 unspecified atom stereocenters. The predicted octanol–water partition coefficient (Wildman–Crippen LogP) is 5.44. The second-order valence-electron chi connectivity index (χ2n) is 14.9. The Bertz CT molecular complexity index is 854. The summed E-state index contributed by atoms with van der Waals surface area (Å²) in [6.07, 6.45) is 17.8. The fourth-order valence-corrected chi connectivity index (χ4v) is 9.07. The summed E-state index contributed by atoms with van der Waals surface area (Å²) in [5, 5.41) is 24.8. The quantitative estimate of drug-likeness (QED) is 0.197. The number of alkyl halides is 2. The van der Waals surface area contributed by atoms with Crippen molar-refractivity contribution in [2.75, 3.05) is 26.2 Å². The van der Waals surface area contributed by atoms with Crippen LogP contribution in [0.15, 0.2) is 12.2 Å². The minimum Gasteiger partial charge on any atom is -0.393 e. The first-order valence-electron chi connectivity index (χ1n) is 16.3. The van der Waals surface area contributed by atoms with Crippen LogP contribution in [0.4, 0.5) is 4.39 Å². The second-order valence-corrected chi connectivity index (χ2v) is 15.4. The number of allylic oxidation sites excluding steroid dienone is 1. The van der Waals surface area contributed by atoms with E-state index >= 15 is 0 Å². The molecule has 7 atom stereocenters. The van der Waals surface area contributed by atoms with Gasteiger partial charge in [0.1, 0.15) is 6.17 Å². The molecule has 39 heavy (non-hydrogen) atoms. The van der Waals surface area contributed by atoms with E-state index in [9.17, 15) is 14.6 Å². The molecule has 1 aliphatic heterocycles. The first-order chi connectivity index (χ1) is 18.7. The van der Waals surface area contributed by atoms with Gasteiger partial charge >= 0.3 is 0 Å². The molecule has 6 aliphatic rings. The van der Waals surface area contributed by atoms with E-state index in [0.29, 0.717) is 35.1 Å². The Hall–Kier alpha value is -0.240. The number of nitrogens with zero attached hydrogens (tertiary/aromatic N) is 2. The van der Waals surface area contributed by atoms with Crippen LogP contribution in [-0.2, 0) is 0 Å². The molecule has 1 spiro atoms. The zero-order chi connectivity index (χ0) is 27.2. The largest absolute Gasteiger partial charge is 0.393 e. The third-order valence-corrected chi connectivity index (χ3v) is 12.4. The summed E-state index contributed by atoms with van der Waals surface area (Å²) in [4.78, 5) is 5.06. The van der Waals surface area contributed by atoms with E-state index in [1.807, 2.05) is 6.08 Å². The highest BCUT2D eigenvalue weighted by Crippen LogP contribution is 2.64. The highest BCUT2D eigenvalue weighted by atomic mass is 35.5. The maximum absolute atomic E-state index is 13.9. The van der Waals surface area contributed by atoms with Crippen LogP contribution in [0.1, 0.15) is 96.8 Å². The van der Waals surface area contributed by atoms with Crippen LogP contribution in [0.5, 0.6) is 0 Å². The van der Waals surface area contributed by atoms with Crippen molar-refractivity contribution in [3.8, 4) is 0 Å². The minimum atomic E-state index is -1.10. The molecule has 0 radical (unpaired) electrons. The minimum absolute atomic E-state index is 0.0977. The van der Waals surface area contributed by atoms with Gasteiger partial charge in [0.15, 0.2) is 6.35 Å². The number of rotatable bonds is 9. The molecule has 5 nitrogen and oxygen atoms in total. The predicted molar refractivity (Wildman–Crippen MR) is 155 cm³/mol. The van der Waals surface area contributed by atoms with Crippen molar-refractivity contribution in [2.45, 2.75) is 133 Å². The molecule has 4 saturated carbocycles. The van der Waals surface area contributed by atoms with Crippen LogP contribution in [0, 0.1) is 28.6 Å². The summed E-state index contributed by atoms with van der Waals surface area (Å²) in [6, 6.07) is 0.318. The number of hydrogen-bond acceptors (Lipinski definition) is 5. The van der Waals surface area contributed by atoms with Crippen LogP contribution < -0.4 is 5.32 Å². The van der Waals surface area contributed by atoms with Gasteiger partial charge in [-0.15, -0.1) is 11.6 Å². The summed E-state index contributed by atoms with van der Waals surface area (Å²) < 4.78 is 13.9. The van der Waals surface area contributed by atoms with Gasteiger partial charge in [-0.25, -0.2) is 4.39 Å². The van der Waals surface area contributed by atoms with Crippen LogP contribution in [0.2, 0.25) is 0 Å². The van der Waals surface area contributed by atoms with Crippen molar-refractivity contribution in [2.24, 2.45) is 28.6 Å². The van der Waals surface area contributed by atoms with Gasteiger partial charge in [-0.2, -0.15) is 0 Å². The fraction of sp³-hybridized carbons (Fsp3) is 0.938. The van der Waals surface area contributed by atoms with E-state index in [2.05, 4.69) is 22.0 Å². The van der Waals surface area contributed by atoms with Crippen LogP contribution in [0.25, 0.3) is 0 Å². The van der Waals surface area contributed by atoms with Gasteiger partial charge in [0.05, 0.1) is 11.5 Å². The third-order valence-electron chi connectivity index (χ3n) is 12.0. The second kappa shape index (κ2) is 11.8. The van der Waals surface area contributed by atoms with Crippen LogP contribution in [-0.4, -0.2) is 82.3 Å². The summed E-state index contributed by atoms with van der Waals surface area (Å²) in [5.74, 6) is 2.22. The van der Waals surface area contributed by atoms with Crippen molar-refractivity contribution in [3.05, 3.63) is 12.2 Å². The van der Waals surface area contributed by atoms with Gasteiger partial charge < -0.3 is 15.1 Å². The molecule has 0 aromatic heterocycles. The number of nitrogens with one attached hydrogen (secondary N) is 1. The maximum atomic E-state index is 13.9. The highest BCUT2D eigenvalue weighted by Gasteiger charge is 2.60. The third kappa shape index (κ3) is 6.72. The van der Waals surface area contributed by atoms with Gasteiger partial charge in [-0.3, -0.25) is 10.2 Å². The molecule has 0 bridgehead atoms. The van der Waals surface area contributed by atoms with Crippen molar-refractivity contribution in [1.29, 1.82) is 0 Å². The average Bonchev–Trinajstić information content (AvgIpc) is 3.85. The van der Waals surface area contributed by atoms with Crippen LogP contribution in [0.3, 0.4) is 0 Å². The monoisotopic (exact) mass is 565 g/mol. The normalized spacial score (nSPS) is 44.7. The lowest BCUT2D eigenvalue weighted by molar-refractivity contribution is -0.0596. The SMILES string of the molecule is CC1(C2CCCC(O)C2)CCC2(CC1)CC2N(CC1CCN(CC2CC2)CC1)C(O)NC1C=CC(F)C(Cl)C1. The first kappa shape index (κ1) is 28.9. The van der Waals surface area contributed by atoms with E-state index in [1.54, 1.807) is 6.08 Å². The number of hydrogen-bond donors (Lipinski definition) is 3. The van der Waals surface area contributed by atoms with Crippen LogP contribution >= 0.6 is 11.6 Å². The maximum Gasteiger partial charge on any atom is 0.163 e. The number of piperidine rings is 1. The van der Waals surface area contributed by atoms with Gasteiger partial charge in [0.25, 0.3) is 0 Å². The Labute approximate surface area is 240 Å². The molecule has 1 saturated heterocycles. The lowest BCUT2D eigenvalue weighted by atomic mass is 9.60. The van der Waals surface area contributed by atoms with E-state index in [0.717, 1.165) is 25.3 Å². The number of aliphatic hydroxyl groups is 2. The molecular weight excluding hydrogens is 513 g/mol. The first-order valence-corrected chi connectivity index (χ1v) is 16.7. The zero-order valence-corrected chi connectivity index (χ0v) is 24.9. The molecule has 3 N–H and O–H groups in total.